The van der Waals surface area contributed by atoms with Crippen LogP contribution in [0.2, 0.25) is 5.02 Å². The van der Waals surface area contributed by atoms with Crippen LogP contribution in [0.4, 0.5) is 8.78 Å². The Morgan fingerprint density at radius 3 is 2.60 bits per heavy atom. The van der Waals surface area contributed by atoms with Gasteiger partial charge in [0.15, 0.2) is 0 Å². The largest absolute Gasteiger partial charge is 0.271 e. The van der Waals surface area contributed by atoms with Gasteiger partial charge in [-0.1, -0.05) is 35.4 Å². The first-order valence-corrected chi connectivity index (χ1v) is 6.55. The van der Waals surface area contributed by atoms with Gasteiger partial charge in [-0.2, -0.15) is 0 Å². The van der Waals surface area contributed by atoms with Crippen molar-refractivity contribution in [2.75, 3.05) is 0 Å². The maximum atomic E-state index is 13.9. The van der Waals surface area contributed by atoms with Gasteiger partial charge in [0.1, 0.15) is 11.6 Å². The average molecular weight is 297 g/mol. The maximum Gasteiger partial charge on any atom is 0.128 e. The van der Waals surface area contributed by atoms with Gasteiger partial charge >= 0.3 is 0 Å². The Hall–Kier alpha value is -1.49. The minimum Gasteiger partial charge on any atom is -0.271 e. The Kier molecular flexibility index (Phi) is 4.70. The minimum absolute atomic E-state index is 0.304. The molecule has 2 nitrogen and oxygen atoms in total. The first-order chi connectivity index (χ1) is 9.51. The fourth-order valence-corrected chi connectivity index (χ4v) is 2.34. The van der Waals surface area contributed by atoms with Crippen molar-refractivity contribution in [3.05, 3.63) is 69.7 Å². The van der Waals surface area contributed by atoms with Crippen LogP contribution in [0.25, 0.3) is 0 Å². The molecule has 0 spiro atoms. The van der Waals surface area contributed by atoms with Gasteiger partial charge in [0, 0.05) is 10.6 Å². The summed E-state index contributed by atoms with van der Waals surface area (Å²) in [7, 11) is 0. The van der Waals surface area contributed by atoms with Crippen molar-refractivity contribution < 1.29 is 8.78 Å². The van der Waals surface area contributed by atoms with E-state index in [0.29, 0.717) is 22.6 Å². The van der Waals surface area contributed by atoms with Crippen LogP contribution in [-0.4, -0.2) is 0 Å². The van der Waals surface area contributed by atoms with Gasteiger partial charge < -0.3 is 0 Å². The van der Waals surface area contributed by atoms with Crippen LogP contribution in [0.3, 0.4) is 0 Å². The Labute approximate surface area is 121 Å². The van der Waals surface area contributed by atoms with E-state index in [1.54, 1.807) is 18.2 Å². The van der Waals surface area contributed by atoms with E-state index in [-0.39, 0.29) is 5.82 Å². The first-order valence-electron chi connectivity index (χ1n) is 6.17. The third-order valence-electron chi connectivity index (χ3n) is 3.17. The van der Waals surface area contributed by atoms with Gasteiger partial charge in [-0.25, -0.2) is 8.78 Å². The lowest BCUT2D eigenvalue weighted by Crippen LogP contribution is -2.30. The molecule has 1 unspecified atom stereocenters. The van der Waals surface area contributed by atoms with E-state index in [1.807, 2.05) is 6.92 Å². The highest BCUT2D eigenvalue weighted by molar-refractivity contribution is 6.31. The molecule has 2 aromatic rings. The van der Waals surface area contributed by atoms with Gasteiger partial charge in [-0.05, 0) is 37.1 Å². The lowest BCUT2D eigenvalue weighted by molar-refractivity contribution is 0.509. The average Bonchev–Trinajstić information content (AvgIpc) is 2.41. The lowest BCUT2D eigenvalue weighted by atomic mass is 9.97. The van der Waals surface area contributed by atoms with Crippen LogP contribution >= 0.6 is 11.6 Å². The molecule has 3 N–H and O–H groups in total. The molecule has 0 radical (unpaired) electrons. The van der Waals surface area contributed by atoms with Crippen LogP contribution in [0.1, 0.15) is 22.7 Å². The van der Waals surface area contributed by atoms with E-state index in [9.17, 15) is 8.78 Å². The van der Waals surface area contributed by atoms with E-state index >= 15 is 0 Å². The molecular weight excluding hydrogens is 282 g/mol. The second-order valence-corrected chi connectivity index (χ2v) is 5.09. The quantitative estimate of drug-likeness (QED) is 0.667. The van der Waals surface area contributed by atoms with Crippen molar-refractivity contribution in [2.45, 2.75) is 19.4 Å². The molecule has 0 saturated carbocycles. The molecule has 2 aromatic carbocycles. The summed E-state index contributed by atoms with van der Waals surface area (Å²) >= 11 is 5.99. The molecule has 0 amide bonds. The van der Waals surface area contributed by atoms with Crippen LogP contribution < -0.4 is 11.3 Å². The summed E-state index contributed by atoms with van der Waals surface area (Å²) in [4.78, 5) is 0. The summed E-state index contributed by atoms with van der Waals surface area (Å²) in [5.74, 6) is 4.78. The second-order valence-electron chi connectivity index (χ2n) is 4.68. The number of aryl methyl sites for hydroxylation is 1. The predicted octanol–water partition coefficient (Wildman–Crippen LogP) is 3.67. The van der Waals surface area contributed by atoms with E-state index in [1.165, 1.54) is 18.2 Å². The molecule has 0 fully saturated rings. The van der Waals surface area contributed by atoms with Crippen molar-refractivity contribution in [1.82, 2.24) is 5.43 Å². The number of hydrogen-bond acceptors (Lipinski definition) is 2. The van der Waals surface area contributed by atoms with Crippen LogP contribution in [0, 0.1) is 18.6 Å². The predicted molar refractivity (Wildman–Crippen MR) is 76.3 cm³/mol. The molecule has 0 saturated heterocycles. The van der Waals surface area contributed by atoms with Crippen molar-refractivity contribution in [3.8, 4) is 0 Å². The molecule has 0 aliphatic rings. The second kappa shape index (κ2) is 6.31. The monoisotopic (exact) mass is 296 g/mol. The van der Waals surface area contributed by atoms with Gasteiger partial charge in [0.2, 0.25) is 0 Å². The summed E-state index contributed by atoms with van der Waals surface area (Å²) in [6.45, 7) is 1.88. The Bertz CT molecular complexity index is 617. The molecule has 0 bridgehead atoms. The maximum absolute atomic E-state index is 13.9. The Morgan fingerprint density at radius 2 is 1.95 bits per heavy atom. The summed E-state index contributed by atoms with van der Waals surface area (Å²) in [6.07, 6.45) is 0.371. The summed E-state index contributed by atoms with van der Waals surface area (Å²) in [6, 6.07) is 8.53. The molecule has 2 rings (SSSR count). The number of hydrazine groups is 1. The third-order valence-corrected chi connectivity index (χ3v) is 3.52. The fraction of sp³-hybridized carbons (Fsp3) is 0.200. The summed E-state index contributed by atoms with van der Waals surface area (Å²) in [5.41, 5.74) is 4.69. The van der Waals surface area contributed by atoms with Crippen LogP contribution in [-0.2, 0) is 6.42 Å². The topological polar surface area (TPSA) is 38.0 Å². The van der Waals surface area contributed by atoms with Crippen molar-refractivity contribution in [3.63, 3.8) is 0 Å². The first kappa shape index (κ1) is 14.9. The van der Waals surface area contributed by atoms with E-state index < -0.39 is 11.9 Å². The molecule has 0 aromatic heterocycles. The summed E-state index contributed by atoms with van der Waals surface area (Å²) in [5, 5.41) is 0.304. The highest BCUT2D eigenvalue weighted by Gasteiger charge is 2.17. The molecule has 106 valence electrons. The molecule has 1 atom stereocenters. The van der Waals surface area contributed by atoms with Gasteiger partial charge in [0.05, 0.1) is 6.04 Å². The third kappa shape index (κ3) is 3.33. The zero-order valence-electron chi connectivity index (χ0n) is 11.0. The molecule has 0 aliphatic carbocycles. The van der Waals surface area contributed by atoms with E-state index in [4.69, 9.17) is 17.4 Å². The number of nitrogens with one attached hydrogen (secondary N) is 1. The van der Waals surface area contributed by atoms with Crippen molar-refractivity contribution >= 4 is 11.6 Å². The number of nitrogens with two attached hydrogens (primary N) is 1. The highest BCUT2D eigenvalue weighted by Crippen LogP contribution is 2.26. The zero-order chi connectivity index (χ0) is 14.7. The number of hydrogen-bond donors (Lipinski definition) is 2. The van der Waals surface area contributed by atoms with Crippen molar-refractivity contribution in [1.29, 1.82) is 0 Å². The molecule has 0 heterocycles. The molecule has 20 heavy (non-hydrogen) atoms. The number of benzene rings is 2. The zero-order valence-corrected chi connectivity index (χ0v) is 11.7. The summed E-state index contributed by atoms with van der Waals surface area (Å²) < 4.78 is 26.9. The normalized spacial score (nSPS) is 12.4. The van der Waals surface area contributed by atoms with Crippen LogP contribution in [0.5, 0.6) is 0 Å². The van der Waals surface area contributed by atoms with Crippen molar-refractivity contribution in [2.24, 2.45) is 5.84 Å². The molecule has 5 heteroatoms. The Balaban J connectivity index is 2.31. The standard InChI is InChI=1S/C15H15ClF2N2/c1-9-2-5-14(18)12(6-9)15(20-19)7-10-3-4-11(17)8-13(10)16/h2-6,8,15,20H,7,19H2,1H3. The van der Waals surface area contributed by atoms with Gasteiger partial charge in [-0.15, -0.1) is 0 Å². The smallest absolute Gasteiger partial charge is 0.128 e. The minimum atomic E-state index is -0.433. The number of rotatable bonds is 4. The van der Waals surface area contributed by atoms with Crippen LogP contribution in [0.15, 0.2) is 36.4 Å². The van der Waals surface area contributed by atoms with Gasteiger partial charge in [0.25, 0.3) is 0 Å². The number of halogens is 3. The molecular formula is C15H15ClF2N2. The Morgan fingerprint density at radius 1 is 1.20 bits per heavy atom. The lowest BCUT2D eigenvalue weighted by Gasteiger charge is -2.18. The fourth-order valence-electron chi connectivity index (χ4n) is 2.10. The highest BCUT2D eigenvalue weighted by atomic mass is 35.5. The van der Waals surface area contributed by atoms with E-state index in [0.717, 1.165) is 5.56 Å². The van der Waals surface area contributed by atoms with E-state index in [2.05, 4.69) is 5.43 Å². The SMILES string of the molecule is Cc1ccc(F)c(C(Cc2ccc(F)cc2Cl)NN)c1. The van der Waals surface area contributed by atoms with Gasteiger partial charge in [-0.3, -0.25) is 11.3 Å². The molecule has 0 aliphatic heterocycles.